The van der Waals surface area contributed by atoms with Crippen LogP contribution in [0.3, 0.4) is 0 Å². The van der Waals surface area contributed by atoms with Crippen LogP contribution in [0, 0.1) is 12.3 Å². The number of amides is 1. The first-order valence-corrected chi connectivity index (χ1v) is 9.09. The van der Waals surface area contributed by atoms with E-state index in [0.717, 1.165) is 36.5 Å². The lowest BCUT2D eigenvalue weighted by molar-refractivity contribution is -0.126. The summed E-state index contributed by atoms with van der Waals surface area (Å²) < 4.78 is 0. The quantitative estimate of drug-likeness (QED) is 0.851. The highest BCUT2D eigenvalue weighted by atomic mass is 35.5. The fourth-order valence-electron chi connectivity index (χ4n) is 4.35. The van der Waals surface area contributed by atoms with Crippen LogP contribution in [0.25, 0.3) is 0 Å². The first-order valence-electron chi connectivity index (χ1n) is 8.72. The number of benzene rings is 1. The molecule has 1 saturated carbocycles. The van der Waals surface area contributed by atoms with Crippen LogP contribution in [0.2, 0.25) is 5.02 Å². The number of carbonyl (C=O) groups excluding carboxylic acids is 1. The maximum Gasteiger partial charge on any atom is 0.217 e. The van der Waals surface area contributed by atoms with E-state index in [4.69, 9.17) is 11.6 Å². The third-order valence-corrected chi connectivity index (χ3v) is 5.63. The molecule has 128 valence electrons. The lowest BCUT2D eigenvalue weighted by Crippen LogP contribution is -2.61. The van der Waals surface area contributed by atoms with E-state index >= 15 is 0 Å². The monoisotopic (exact) mass is 336 g/mol. The van der Waals surface area contributed by atoms with E-state index in [1.807, 2.05) is 26.0 Å². The minimum atomic E-state index is -0.224. The topological polar surface area (TPSA) is 41.1 Å². The number of piperidine rings is 1. The molecule has 3 nitrogen and oxygen atoms in total. The van der Waals surface area contributed by atoms with Gasteiger partial charge in [0.15, 0.2) is 0 Å². The molecule has 1 spiro atoms. The normalized spacial score (nSPS) is 20.9. The van der Waals surface area contributed by atoms with Gasteiger partial charge in [-0.15, -0.1) is 0 Å². The highest BCUT2D eigenvalue weighted by Crippen LogP contribution is 2.59. The largest absolute Gasteiger partial charge is 0.347 e. The van der Waals surface area contributed by atoms with Crippen molar-refractivity contribution >= 4 is 17.5 Å². The number of halogens is 1. The third-order valence-electron chi connectivity index (χ3n) is 5.22. The van der Waals surface area contributed by atoms with E-state index in [1.165, 1.54) is 18.4 Å². The summed E-state index contributed by atoms with van der Waals surface area (Å²) in [5, 5.41) is 7.44. The van der Waals surface area contributed by atoms with Crippen molar-refractivity contribution in [3.63, 3.8) is 0 Å². The highest BCUT2D eigenvalue weighted by molar-refractivity contribution is 6.31. The molecule has 1 heterocycles. The number of rotatable bonds is 2. The van der Waals surface area contributed by atoms with Crippen molar-refractivity contribution in [1.82, 2.24) is 10.6 Å². The predicted octanol–water partition coefficient (Wildman–Crippen LogP) is 4.17. The van der Waals surface area contributed by atoms with Crippen molar-refractivity contribution < 1.29 is 4.79 Å². The van der Waals surface area contributed by atoms with Crippen LogP contribution in [0.1, 0.15) is 57.6 Å². The second kappa shape index (κ2) is 7.23. The van der Waals surface area contributed by atoms with Crippen LogP contribution < -0.4 is 10.6 Å². The van der Waals surface area contributed by atoms with Crippen LogP contribution in [0.15, 0.2) is 18.2 Å². The van der Waals surface area contributed by atoms with Crippen molar-refractivity contribution in [1.29, 1.82) is 0 Å². The third kappa shape index (κ3) is 3.56. The first-order chi connectivity index (χ1) is 11.0. The van der Waals surface area contributed by atoms with Crippen LogP contribution >= 0.6 is 11.6 Å². The summed E-state index contributed by atoms with van der Waals surface area (Å²) in [6, 6.07) is 6.02. The van der Waals surface area contributed by atoms with Crippen molar-refractivity contribution in [3.8, 4) is 0 Å². The summed E-state index contributed by atoms with van der Waals surface area (Å²) in [6.45, 7) is 9.83. The average Bonchev–Trinajstić information content (AvgIpc) is 2.50. The average molecular weight is 337 g/mol. The minimum absolute atomic E-state index is 0.0400. The van der Waals surface area contributed by atoms with Gasteiger partial charge in [0.2, 0.25) is 5.91 Å². The van der Waals surface area contributed by atoms with Crippen LogP contribution in [0.4, 0.5) is 0 Å². The second-order valence-corrected chi connectivity index (χ2v) is 7.19. The Balaban J connectivity index is 0.000000924. The Morgan fingerprint density at radius 1 is 1.22 bits per heavy atom. The van der Waals surface area contributed by atoms with E-state index < -0.39 is 0 Å². The van der Waals surface area contributed by atoms with Crippen molar-refractivity contribution in [2.75, 3.05) is 13.1 Å². The molecule has 1 aliphatic heterocycles. The van der Waals surface area contributed by atoms with Gasteiger partial charge >= 0.3 is 0 Å². The summed E-state index contributed by atoms with van der Waals surface area (Å²) >= 11 is 6.29. The van der Waals surface area contributed by atoms with Gasteiger partial charge in [0.05, 0.1) is 5.54 Å². The smallest absolute Gasteiger partial charge is 0.217 e. The van der Waals surface area contributed by atoms with Gasteiger partial charge in [0.1, 0.15) is 0 Å². The van der Waals surface area contributed by atoms with E-state index in [2.05, 4.69) is 23.6 Å². The van der Waals surface area contributed by atoms with Gasteiger partial charge in [-0.05, 0) is 68.3 Å². The Labute approximate surface area is 145 Å². The second-order valence-electron chi connectivity index (χ2n) is 6.78. The molecule has 1 amide bonds. The Kier molecular flexibility index (Phi) is 5.74. The lowest BCUT2D eigenvalue weighted by Gasteiger charge is -2.59. The highest BCUT2D eigenvalue weighted by Gasteiger charge is 2.56. The van der Waals surface area contributed by atoms with Gasteiger partial charge in [-0.2, -0.15) is 0 Å². The van der Waals surface area contributed by atoms with E-state index in [9.17, 15) is 4.79 Å². The molecular weight excluding hydrogens is 308 g/mol. The molecule has 0 aromatic heterocycles. The molecule has 0 bridgehead atoms. The summed E-state index contributed by atoms with van der Waals surface area (Å²) in [4.78, 5) is 11.7. The molecule has 1 aromatic carbocycles. The predicted molar refractivity (Wildman–Crippen MR) is 96.8 cm³/mol. The molecule has 2 aliphatic rings. The first kappa shape index (κ1) is 18.3. The van der Waals surface area contributed by atoms with Crippen LogP contribution in [0.5, 0.6) is 0 Å². The van der Waals surface area contributed by atoms with Crippen LogP contribution in [-0.2, 0) is 10.3 Å². The maximum absolute atomic E-state index is 11.7. The zero-order chi connectivity index (χ0) is 17.1. The molecule has 0 atom stereocenters. The van der Waals surface area contributed by atoms with Gasteiger partial charge in [-0.3, -0.25) is 4.79 Å². The Bertz CT molecular complexity index is 556. The molecule has 1 aliphatic carbocycles. The van der Waals surface area contributed by atoms with Crippen LogP contribution in [-0.4, -0.2) is 19.0 Å². The molecule has 2 fully saturated rings. The Hall–Kier alpha value is -1.06. The molecule has 0 radical (unpaired) electrons. The molecule has 0 unspecified atom stereocenters. The summed E-state index contributed by atoms with van der Waals surface area (Å²) in [6.07, 6.45) is 4.47. The van der Waals surface area contributed by atoms with Gasteiger partial charge in [-0.1, -0.05) is 37.6 Å². The summed E-state index contributed by atoms with van der Waals surface area (Å²) in [7, 11) is 0. The van der Waals surface area contributed by atoms with Crippen molar-refractivity contribution in [2.45, 2.75) is 58.9 Å². The number of carbonyl (C=O) groups is 1. The van der Waals surface area contributed by atoms with Crippen molar-refractivity contribution in [3.05, 3.63) is 34.3 Å². The van der Waals surface area contributed by atoms with Gasteiger partial charge in [0, 0.05) is 11.9 Å². The minimum Gasteiger partial charge on any atom is -0.347 e. The SMILES string of the molecule is CC.CC(=O)NC1(c2cccc(Cl)c2C)CC2(CCNCC2)C1. The van der Waals surface area contributed by atoms with Gasteiger partial charge in [0.25, 0.3) is 0 Å². The molecule has 4 heteroatoms. The lowest BCUT2D eigenvalue weighted by atomic mass is 9.51. The molecule has 1 aromatic rings. The zero-order valence-corrected chi connectivity index (χ0v) is 15.5. The summed E-state index contributed by atoms with van der Waals surface area (Å²) in [5.74, 6) is 0.0400. The van der Waals surface area contributed by atoms with Gasteiger partial charge < -0.3 is 10.6 Å². The summed E-state index contributed by atoms with van der Waals surface area (Å²) in [5.41, 5.74) is 2.45. The van der Waals surface area contributed by atoms with E-state index in [-0.39, 0.29) is 11.4 Å². The molecule has 2 N–H and O–H groups in total. The molecular formula is C19H29ClN2O. The fourth-order valence-corrected chi connectivity index (χ4v) is 4.52. The molecule has 1 saturated heterocycles. The standard InChI is InChI=1S/C17H23ClN2O.C2H6/c1-12-14(4-3-5-15(12)18)17(20-13(2)21)10-16(11-17)6-8-19-9-7-16;1-2/h3-5,19H,6-11H2,1-2H3,(H,20,21);1-2H3. The Morgan fingerprint density at radius 3 is 2.39 bits per heavy atom. The Morgan fingerprint density at radius 2 is 1.83 bits per heavy atom. The number of nitrogens with one attached hydrogen (secondary N) is 2. The number of hydrogen-bond donors (Lipinski definition) is 2. The zero-order valence-electron chi connectivity index (χ0n) is 14.8. The van der Waals surface area contributed by atoms with Crippen molar-refractivity contribution in [2.24, 2.45) is 5.41 Å². The fraction of sp³-hybridized carbons (Fsp3) is 0.632. The number of hydrogen-bond acceptors (Lipinski definition) is 2. The van der Waals surface area contributed by atoms with E-state index in [1.54, 1.807) is 6.92 Å². The maximum atomic E-state index is 11.7. The molecule has 23 heavy (non-hydrogen) atoms. The van der Waals surface area contributed by atoms with Gasteiger partial charge in [-0.25, -0.2) is 0 Å². The van der Waals surface area contributed by atoms with E-state index in [0.29, 0.717) is 5.41 Å². The molecule has 3 rings (SSSR count).